The van der Waals surface area contributed by atoms with Gasteiger partial charge in [0, 0.05) is 17.6 Å². The zero-order valence-electron chi connectivity index (χ0n) is 11.2. The number of nitrogens with one attached hydrogen (secondary N) is 1. The molecule has 0 spiro atoms. The van der Waals surface area contributed by atoms with Gasteiger partial charge >= 0.3 is 0 Å². The van der Waals surface area contributed by atoms with Crippen molar-refractivity contribution in [2.24, 2.45) is 0 Å². The van der Waals surface area contributed by atoms with Crippen molar-refractivity contribution in [3.63, 3.8) is 0 Å². The number of nitriles is 1. The third kappa shape index (κ3) is 1.48. The van der Waals surface area contributed by atoms with Crippen LogP contribution in [0.2, 0.25) is 1.41 Å². The molecule has 0 aliphatic carbocycles. The summed E-state index contributed by atoms with van der Waals surface area (Å²) in [6.07, 6.45) is 0. The molecule has 0 bridgehead atoms. The monoisotopic (exact) mass is 235 g/mol. The van der Waals surface area contributed by atoms with Crippen LogP contribution in [0.1, 0.15) is 23.6 Å². The molecule has 0 fully saturated rings. The van der Waals surface area contributed by atoms with E-state index >= 15 is 0 Å². The molecule has 18 heavy (non-hydrogen) atoms. The predicted octanol–water partition coefficient (Wildman–Crippen LogP) is 3.29. The Kier molecular flexibility index (Phi) is 2.10. The van der Waals surface area contributed by atoms with Gasteiger partial charge in [-0.2, -0.15) is 5.26 Å². The summed E-state index contributed by atoms with van der Waals surface area (Å²) >= 11 is 0. The fourth-order valence-corrected chi connectivity index (χ4v) is 2.58. The third-order valence-electron chi connectivity index (χ3n) is 3.70. The highest BCUT2D eigenvalue weighted by Gasteiger charge is 2.35. The van der Waals surface area contributed by atoms with Crippen LogP contribution in [0.4, 0.5) is 5.69 Å². The van der Waals surface area contributed by atoms with Crippen LogP contribution in [0.3, 0.4) is 0 Å². The van der Waals surface area contributed by atoms with E-state index in [1.807, 2.05) is 30.3 Å². The summed E-state index contributed by atoms with van der Waals surface area (Å²) in [6, 6.07) is 18.0. The summed E-state index contributed by atoms with van der Waals surface area (Å²) in [6.45, 7) is 2.77. The van der Waals surface area contributed by atoms with Crippen LogP contribution in [0.5, 0.6) is 0 Å². The van der Waals surface area contributed by atoms with E-state index in [2.05, 4.69) is 25.1 Å². The second kappa shape index (κ2) is 3.89. The van der Waals surface area contributed by atoms with Gasteiger partial charge in [0.1, 0.15) is 0 Å². The molecule has 1 aliphatic heterocycles. The Morgan fingerprint density at radius 2 is 2.06 bits per heavy atom. The lowest BCUT2D eigenvalue weighted by molar-refractivity contribution is 0.636. The summed E-state index contributed by atoms with van der Waals surface area (Å²) in [5, 5.41) is 10.5. The Bertz CT molecular complexity index is 660. The zero-order valence-corrected chi connectivity index (χ0v) is 10.2. The molecule has 0 amide bonds. The van der Waals surface area contributed by atoms with Gasteiger partial charge in [-0.1, -0.05) is 36.4 Å². The fraction of sp³-hybridized carbons (Fsp3) is 0.188. The molecule has 2 heteroatoms. The first-order valence-corrected chi connectivity index (χ1v) is 6.02. The summed E-state index contributed by atoms with van der Waals surface area (Å²) in [4.78, 5) is 0. The normalized spacial score (nSPS) is 22.2. The van der Waals surface area contributed by atoms with Crippen molar-refractivity contribution >= 4 is 5.69 Å². The number of fused-ring (bicyclic) bond motifs is 1. The molecule has 0 aromatic heterocycles. The highest BCUT2D eigenvalue weighted by Crippen LogP contribution is 2.41. The SMILES string of the molecule is [2H]N1CC(C)(c2ccccc2)c2ccc(C#N)cc21. The van der Waals surface area contributed by atoms with E-state index in [0.29, 0.717) is 12.1 Å². The minimum atomic E-state index is -0.188. The number of hydrogen-bond donors (Lipinski definition) is 1. The van der Waals surface area contributed by atoms with Crippen molar-refractivity contribution in [1.82, 2.24) is 0 Å². The molecule has 1 aliphatic rings. The van der Waals surface area contributed by atoms with Crippen LogP contribution >= 0.6 is 0 Å². The lowest BCUT2D eigenvalue weighted by Crippen LogP contribution is -2.25. The van der Waals surface area contributed by atoms with Crippen molar-refractivity contribution in [2.45, 2.75) is 12.3 Å². The molecule has 1 N–H and O–H groups in total. The van der Waals surface area contributed by atoms with E-state index in [4.69, 9.17) is 6.67 Å². The van der Waals surface area contributed by atoms with E-state index in [1.165, 1.54) is 10.9 Å². The largest absolute Gasteiger partial charge is 0.384 e. The predicted molar refractivity (Wildman–Crippen MR) is 72.5 cm³/mol. The Hall–Kier alpha value is -2.27. The average Bonchev–Trinajstić information content (AvgIpc) is 2.72. The van der Waals surface area contributed by atoms with Gasteiger partial charge in [0.15, 0.2) is 1.41 Å². The Morgan fingerprint density at radius 1 is 1.28 bits per heavy atom. The Labute approximate surface area is 108 Å². The van der Waals surface area contributed by atoms with Crippen LogP contribution < -0.4 is 5.31 Å². The highest BCUT2D eigenvalue weighted by molar-refractivity contribution is 5.66. The van der Waals surface area contributed by atoms with Crippen LogP contribution in [-0.4, -0.2) is 6.54 Å². The second-order valence-corrected chi connectivity index (χ2v) is 4.86. The van der Waals surface area contributed by atoms with Crippen LogP contribution in [0.15, 0.2) is 48.5 Å². The molecule has 1 heterocycles. The number of rotatable bonds is 1. The van der Waals surface area contributed by atoms with Crippen LogP contribution in [-0.2, 0) is 5.41 Å². The third-order valence-corrected chi connectivity index (χ3v) is 3.70. The molecule has 0 saturated heterocycles. The van der Waals surface area contributed by atoms with Gasteiger partial charge in [0.2, 0.25) is 0 Å². The van der Waals surface area contributed by atoms with E-state index in [-0.39, 0.29) is 5.41 Å². The summed E-state index contributed by atoms with van der Waals surface area (Å²) in [5.74, 6) is 0. The maximum atomic E-state index is 8.97. The van der Waals surface area contributed by atoms with E-state index < -0.39 is 0 Å². The minimum Gasteiger partial charge on any atom is -0.384 e. The molecule has 1 atom stereocenters. The lowest BCUT2D eigenvalue weighted by atomic mass is 9.78. The fourth-order valence-electron chi connectivity index (χ4n) is 2.58. The molecular weight excluding hydrogens is 220 g/mol. The van der Waals surface area contributed by atoms with Crippen molar-refractivity contribution in [1.29, 1.82) is 5.26 Å². The number of benzene rings is 2. The van der Waals surface area contributed by atoms with Crippen LogP contribution in [0, 0.1) is 11.3 Å². The van der Waals surface area contributed by atoms with Gasteiger partial charge in [-0.15, -0.1) is 0 Å². The first kappa shape index (κ1) is 9.73. The standard InChI is InChI=1S/C16H14N2/c1-16(13-5-3-2-4-6-13)11-18-15-9-12(10-17)7-8-14(15)16/h2-9,18H,11H2,1H3/i/hD. The van der Waals surface area contributed by atoms with Crippen molar-refractivity contribution in [2.75, 3.05) is 11.9 Å². The van der Waals surface area contributed by atoms with Gasteiger partial charge in [-0.25, -0.2) is 0 Å². The summed E-state index contributed by atoms with van der Waals surface area (Å²) in [7, 11) is 0. The van der Waals surface area contributed by atoms with Crippen molar-refractivity contribution in [3.8, 4) is 6.07 Å². The average molecular weight is 235 g/mol. The maximum absolute atomic E-state index is 8.97. The molecule has 0 radical (unpaired) electrons. The lowest BCUT2D eigenvalue weighted by Gasteiger charge is -2.24. The summed E-state index contributed by atoms with van der Waals surface area (Å²) in [5.41, 5.74) is 3.58. The highest BCUT2D eigenvalue weighted by atomic mass is 14.9. The van der Waals surface area contributed by atoms with E-state index in [0.717, 1.165) is 11.3 Å². The van der Waals surface area contributed by atoms with Crippen molar-refractivity contribution < 1.29 is 1.41 Å². The maximum Gasteiger partial charge on any atom is 0.160 e. The van der Waals surface area contributed by atoms with Crippen molar-refractivity contribution in [3.05, 3.63) is 65.2 Å². The molecule has 2 aromatic rings. The number of hydrogen-bond acceptors (Lipinski definition) is 2. The Morgan fingerprint density at radius 3 is 2.78 bits per heavy atom. The smallest absolute Gasteiger partial charge is 0.160 e. The minimum absolute atomic E-state index is 0.188. The molecule has 2 nitrogen and oxygen atoms in total. The van der Waals surface area contributed by atoms with Gasteiger partial charge < -0.3 is 5.31 Å². The molecular formula is C16H14N2. The molecule has 88 valence electrons. The van der Waals surface area contributed by atoms with Crippen LogP contribution in [0.25, 0.3) is 0 Å². The molecule has 3 rings (SSSR count). The van der Waals surface area contributed by atoms with Gasteiger partial charge in [-0.05, 0) is 30.2 Å². The zero-order chi connectivity index (χ0) is 13.5. The topological polar surface area (TPSA) is 35.8 Å². The number of anilines is 1. The first-order valence-electron chi connectivity index (χ1n) is 6.46. The van der Waals surface area contributed by atoms with Gasteiger partial charge in [0.05, 0.1) is 11.6 Å². The molecule has 1 unspecified atom stereocenters. The Balaban J connectivity index is 2.17. The number of nitrogens with zero attached hydrogens (tertiary/aromatic N) is 1. The summed E-state index contributed by atoms with van der Waals surface area (Å²) < 4.78 is 8.11. The molecule has 0 saturated carbocycles. The van der Waals surface area contributed by atoms with E-state index in [1.54, 1.807) is 6.07 Å². The molecule has 2 aromatic carbocycles. The quantitative estimate of drug-likeness (QED) is 0.823. The van der Waals surface area contributed by atoms with Gasteiger partial charge in [-0.3, -0.25) is 0 Å². The second-order valence-electron chi connectivity index (χ2n) is 4.86. The van der Waals surface area contributed by atoms with Gasteiger partial charge in [0.25, 0.3) is 0 Å². The van der Waals surface area contributed by atoms with E-state index in [9.17, 15) is 0 Å². The first-order chi connectivity index (χ1) is 9.15.